The standard InChI is InChI=1S/C20H20N2O8/c1-21-10-8-6-7-9-11(10)22-15(20(26)30-5)13(18(24)28-3)12(17(23)27-2)14(16(21)22)19(25)29-4/h6-9,15H,1-5H3. The first kappa shape index (κ1) is 20.9. The molecule has 0 aliphatic carbocycles. The minimum absolute atomic E-state index is 0.173. The van der Waals surface area contributed by atoms with E-state index in [2.05, 4.69) is 0 Å². The number of esters is 4. The summed E-state index contributed by atoms with van der Waals surface area (Å²) in [5.41, 5.74) is 0.127. The topological polar surface area (TPSA) is 112 Å². The molecule has 0 saturated carbocycles. The zero-order valence-electron chi connectivity index (χ0n) is 17.0. The third-order valence-electron chi connectivity index (χ3n) is 4.93. The fraction of sp³-hybridized carbons (Fsp3) is 0.300. The van der Waals surface area contributed by atoms with E-state index in [1.54, 1.807) is 36.2 Å². The van der Waals surface area contributed by atoms with Gasteiger partial charge in [-0.2, -0.15) is 0 Å². The van der Waals surface area contributed by atoms with Crippen LogP contribution >= 0.6 is 0 Å². The van der Waals surface area contributed by atoms with E-state index in [0.29, 0.717) is 11.4 Å². The van der Waals surface area contributed by atoms with Crippen LogP contribution in [0.5, 0.6) is 0 Å². The summed E-state index contributed by atoms with van der Waals surface area (Å²) in [7, 11) is 6.14. The van der Waals surface area contributed by atoms with Crippen LogP contribution in [0.4, 0.5) is 11.4 Å². The van der Waals surface area contributed by atoms with Gasteiger partial charge in [0.05, 0.1) is 51.0 Å². The third kappa shape index (κ3) is 2.88. The molecular formula is C20H20N2O8. The van der Waals surface area contributed by atoms with Crippen LogP contribution in [0.3, 0.4) is 0 Å². The molecule has 0 aromatic heterocycles. The Morgan fingerprint density at radius 1 is 0.767 bits per heavy atom. The highest BCUT2D eigenvalue weighted by Gasteiger charge is 2.52. The van der Waals surface area contributed by atoms with Gasteiger partial charge >= 0.3 is 23.9 Å². The van der Waals surface area contributed by atoms with E-state index in [1.807, 2.05) is 0 Å². The largest absolute Gasteiger partial charge is 0.467 e. The fourth-order valence-electron chi connectivity index (χ4n) is 3.67. The molecule has 30 heavy (non-hydrogen) atoms. The lowest BCUT2D eigenvalue weighted by Gasteiger charge is -2.36. The Morgan fingerprint density at radius 3 is 1.83 bits per heavy atom. The van der Waals surface area contributed by atoms with Crippen molar-refractivity contribution in [3.8, 4) is 0 Å². The molecule has 2 aliphatic heterocycles. The summed E-state index contributed by atoms with van der Waals surface area (Å²) >= 11 is 0. The van der Waals surface area contributed by atoms with Gasteiger partial charge in [-0.1, -0.05) is 12.1 Å². The molecule has 2 heterocycles. The summed E-state index contributed by atoms with van der Waals surface area (Å²) in [6.07, 6.45) is 0. The number of hydrogen-bond acceptors (Lipinski definition) is 10. The lowest BCUT2D eigenvalue weighted by molar-refractivity contribution is -0.145. The van der Waals surface area contributed by atoms with Gasteiger partial charge in [0.2, 0.25) is 0 Å². The van der Waals surface area contributed by atoms with Gasteiger partial charge < -0.3 is 28.7 Å². The van der Waals surface area contributed by atoms with E-state index < -0.39 is 35.5 Å². The van der Waals surface area contributed by atoms with Crippen molar-refractivity contribution in [2.24, 2.45) is 0 Å². The minimum Gasteiger partial charge on any atom is -0.467 e. The Hall–Kier alpha value is -3.82. The van der Waals surface area contributed by atoms with Crippen molar-refractivity contribution < 1.29 is 38.1 Å². The van der Waals surface area contributed by atoms with E-state index in [1.165, 1.54) is 4.90 Å². The molecule has 2 aliphatic rings. The fourth-order valence-corrected chi connectivity index (χ4v) is 3.67. The highest BCUT2D eigenvalue weighted by Crippen LogP contribution is 2.48. The molecule has 10 heteroatoms. The quantitative estimate of drug-likeness (QED) is 0.509. The Labute approximate surface area is 172 Å². The molecule has 0 bridgehead atoms. The number of carbonyl (C=O) groups is 4. The van der Waals surface area contributed by atoms with Crippen LogP contribution in [0.15, 0.2) is 46.8 Å². The molecule has 10 nitrogen and oxygen atoms in total. The number of hydrogen-bond donors (Lipinski definition) is 0. The maximum atomic E-state index is 12.8. The van der Waals surface area contributed by atoms with E-state index in [0.717, 1.165) is 28.4 Å². The van der Waals surface area contributed by atoms with Crippen molar-refractivity contribution >= 4 is 35.3 Å². The van der Waals surface area contributed by atoms with Gasteiger partial charge in [-0.25, -0.2) is 19.2 Å². The van der Waals surface area contributed by atoms with Gasteiger partial charge in [-0.15, -0.1) is 0 Å². The lowest BCUT2D eigenvalue weighted by atomic mass is 9.89. The van der Waals surface area contributed by atoms with Crippen molar-refractivity contribution in [2.45, 2.75) is 6.04 Å². The number of carbonyl (C=O) groups excluding carboxylic acids is 4. The van der Waals surface area contributed by atoms with Crippen molar-refractivity contribution in [3.63, 3.8) is 0 Å². The maximum absolute atomic E-state index is 12.8. The maximum Gasteiger partial charge on any atom is 0.342 e. The van der Waals surface area contributed by atoms with Crippen LogP contribution < -0.4 is 9.80 Å². The molecule has 3 rings (SSSR count). The van der Waals surface area contributed by atoms with Crippen molar-refractivity contribution in [3.05, 3.63) is 46.8 Å². The highest BCUT2D eigenvalue weighted by molar-refractivity contribution is 6.18. The van der Waals surface area contributed by atoms with E-state index in [4.69, 9.17) is 18.9 Å². The summed E-state index contributed by atoms with van der Waals surface area (Å²) in [6, 6.07) is 5.58. The number of nitrogens with zero attached hydrogens (tertiary/aromatic N) is 2. The smallest absolute Gasteiger partial charge is 0.342 e. The number of ether oxygens (including phenoxy) is 4. The second kappa shape index (κ2) is 7.90. The lowest BCUT2D eigenvalue weighted by Crippen LogP contribution is -2.50. The summed E-state index contributed by atoms with van der Waals surface area (Å²) in [6.45, 7) is 0. The normalized spacial score (nSPS) is 17.3. The molecule has 1 unspecified atom stereocenters. The zero-order valence-corrected chi connectivity index (χ0v) is 17.0. The Kier molecular flexibility index (Phi) is 5.50. The first-order valence-corrected chi connectivity index (χ1v) is 8.77. The second-order valence-electron chi connectivity index (χ2n) is 6.31. The molecule has 1 atom stereocenters. The molecule has 0 fully saturated rings. The average Bonchev–Trinajstić information content (AvgIpc) is 3.07. The number of fused-ring (bicyclic) bond motifs is 3. The molecule has 0 amide bonds. The molecule has 0 spiro atoms. The number of rotatable bonds is 4. The van der Waals surface area contributed by atoms with Crippen LogP contribution in [-0.4, -0.2) is 65.4 Å². The monoisotopic (exact) mass is 416 g/mol. The van der Waals surface area contributed by atoms with Crippen molar-refractivity contribution in [2.75, 3.05) is 45.3 Å². The van der Waals surface area contributed by atoms with Gasteiger partial charge in [0.25, 0.3) is 0 Å². The number of para-hydroxylation sites is 2. The summed E-state index contributed by atoms with van der Waals surface area (Å²) in [5, 5.41) is 0. The van der Waals surface area contributed by atoms with Crippen LogP contribution in [0.2, 0.25) is 0 Å². The summed E-state index contributed by atoms with van der Waals surface area (Å²) in [4.78, 5) is 54.2. The Bertz CT molecular complexity index is 1010. The van der Waals surface area contributed by atoms with Crippen LogP contribution in [0.25, 0.3) is 0 Å². The third-order valence-corrected chi connectivity index (χ3v) is 4.93. The molecule has 1 aromatic carbocycles. The van der Waals surface area contributed by atoms with Crippen LogP contribution in [0.1, 0.15) is 0 Å². The van der Waals surface area contributed by atoms with Gasteiger partial charge in [0.15, 0.2) is 6.04 Å². The van der Waals surface area contributed by atoms with Gasteiger partial charge in [-0.3, -0.25) is 0 Å². The number of benzene rings is 1. The van der Waals surface area contributed by atoms with Crippen LogP contribution in [-0.2, 0) is 38.1 Å². The predicted octanol–water partition coefficient (Wildman–Crippen LogP) is 0.525. The van der Waals surface area contributed by atoms with Gasteiger partial charge in [0.1, 0.15) is 11.4 Å². The van der Waals surface area contributed by atoms with Crippen molar-refractivity contribution in [1.29, 1.82) is 0 Å². The van der Waals surface area contributed by atoms with E-state index >= 15 is 0 Å². The first-order valence-electron chi connectivity index (χ1n) is 8.77. The predicted molar refractivity (Wildman–Crippen MR) is 103 cm³/mol. The molecule has 0 radical (unpaired) electrons. The van der Waals surface area contributed by atoms with Gasteiger partial charge in [0, 0.05) is 7.05 Å². The minimum atomic E-state index is -1.40. The van der Waals surface area contributed by atoms with E-state index in [-0.39, 0.29) is 17.0 Å². The molecule has 158 valence electrons. The summed E-state index contributed by atoms with van der Waals surface area (Å²) in [5.74, 6) is -3.53. The number of methoxy groups -OCH3 is 4. The molecule has 0 N–H and O–H groups in total. The van der Waals surface area contributed by atoms with Gasteiger partial charge in [-0.05, 0) is 12.1 Å². The Morgan fingerprint density at radius 2 is 1.30 bits per heavy atom. The van der Waals surface area contributed by atoms with Crippen LogP contribution in [0, 0.1) is 0 Å². The molecular weight excluding hydrogens is 396 g/mol. The number of anilines is 2. The zero-order chi connectivity index (χ0) is 22.2. The molecule has 0 saturated heterocycles. The average molecular weight is 416 g/mol. The highest BCUT2D eigenvalue weighted by atomic mass is 16.5. The SMILES string of the molecule is COC(=O)C1=C(C(=O)OC)C(C(=O)OC)N2C(=C1C(=O)OC)N(C)c1ccccc12. The second-order valence-corrected chi connectivity index (χ2v) is 6.31. The van der Waals surface area contributed by atoms with Crippen molar-refractivity contribution in [1.82, 2.24) is 0 Å². The first-order chi connectivity index (χ1) is 14.3. The molecule has 1 aromatic rings. The summed E-state index contributed by atoms with van der Waals surface area (Å²) < 4.78 is 19.5. The Balaban J connectivity index is 2.49. The van der Waals surface area contributed by atoms with E-state index in [9.17, 15) is 19.2 Å².